The predicted octanol–water partition coefficient (Wildman–Crippen LogP) is 1.57. The van der Waals surface area contributed by atoms with E-state index < -0.39 is 5.54 Å². The third kappa shape index (κ3) is 4.31. The van der Waals surface area contributed by atoms with Gasteiger partial charge in [0.25, 0.3) is 0 Å². The predicted molar refractivity (Wildman–Crippen MR) is 72.3 cm³/mol. The van der Waals surface area contributed by atoms with Gasteiger partial charge in [-0.15, -0.1) is 10.2 Å². The van der Waals surface area contributed by atoms with Crippen LogP contribution in [0.25, 0.3) is 0 Å². The van der Waals surface area contributed by atoms with Gasteiger partial charge < -0.3 is 10.2 Å². The van der Waals surface area contributed by atoms with Crippen LogP contribution in [-0.2, 0) is 11.3 Å². The summed E-state index contributed by atoms with van der Waals surface area (Å²) in [6, 6.07) is 0. The van der Waals surface area contributed by atoms with Crippen molar-refractivity contribution < 1.29 is 9.21 Å². The summed E-state index contributed by atoms with van der Waals surface area (Å²) in [5.74, 6) is 1.25. The molecule has 1 heterocycles. The van der Waals surface area contributed by atoms with Crippen molar-refractivity contribution in [3.05, 3.63) is 11.8 Å². The summed E-state index contributed by atoms with van der Waals surface area (Å²) in [5, 5.41) is 11.0. The number of hydrogen-bond acceptors (Lipinski definition) is 5. The second-order valence-corrected chi connectivity index (χ2v) is 5.84. The van der Waals surface area contributed by atoms with E-state index in [1.807, 2.05) is 27.7 Å². The molecule has 108 valence electrons. The standard InChI is InChI=1S/C13H24N4O2/c1-8(2)6-13(5,12(14)18)15-7-10-16-17-11(19-10)9(3)4/h8-9,15H,6-7H2,1-5H3,(H2,14,18). The van der Waals surface area contributed by atoms with Crippen LogP contribution in [0.3, 0.4) is 0 Å². The van der Waals surface area contributed by atoms with Gasteiger partial charge in [0, 0.05) is 5.92 Å². The molecule has 0 fully saturated rings. The van der Waals surface area contributed by atoms with E-state index >= 15 is 0 Å². The lowest BCUT2D eigenvalue weighted by Crippen LogP contribution is -2.53. The summed E-state index contributed by atoms with van der Waals surface area (Å²) in [4.78, 5) is 11.6. The number of carbonyl (C=O) groups is 1. The summed E-state index contributed by atoms with van der Waals surface area (Å²) in [6.07, 6.45) is 0.660. The first-order valence-electron chi connectivity index (χ1n) is 6.62. The highest BCUT2D eigenvalue weighted by Crippen LogP contribution is 2.17. The third-order valence-corrected chi connectivity index (χ3v) is 2.97. The van der Waals surface area contributed by atoms with Crippen molar-refractivity contribution in [3.8, 4) is 0 Å². The molecule has 0 aliphatic heterocycles. The molecule has 1 aromatic heterocycles. The average Bonchev–Trinajstić information content (AvgIpc) is 2.74. The van der Waals surface area contributed by atoms with Gasteiger partial charge in [0.05, 0.1) is 12.1 Å². The van der Waals surface area contributed by atoms with Crippen LogP contribution in [0, 0.1) is 5.92 Å². The molecule has 1 atom stereocenters. The van der Waals surface area contributed by atoms with E-state index in [-0.39, 0.29) is 11.8 Å². The summed E-state index contributed by atoms with van der Waals surface area (Å²) < 4.78 is 5.49. The average molecular weight is 268 g/mol. The van der Waals surface area contributed by atoms with Crippen molar-refractivity contribution in [2.75, 3.05) is 0 Å². The largest absolute Gasteiger partial charge is 0.424 e. The van der Waals surface area contributed by atoms with E-state index in [9.17, 15) is 4.79 Å². The quantitative estimate of drug-likeness (QED) is 0.783. The summed E-state index contributed by atoms with van der Waals surface area (Å²) in [7, 11) is 0. The van der Waals surface area contributed by atoms with Crippen LogP contribution in [0.4, 0.5) is 0 Å². The van der Waals surface area contributed by atoms with Crippen LogP contribution >= 0.6 is 0 Å². The minimum absolute atomic E-state index is 0.194. The third-order valence-electron chi connectivity index (χ3n) is 2.97. The second-order valence-electron chi connectivity index (χ2n) is 5.84. The molecule has 19 heavy (non-hydrogen) atoms. The highest BCUT2D eigenvalue weighted by molar-refractivity contribution is 5.84. The number of hydrogen-bond donors (Lipinski definition) is 2. The minimum Gasteiger partial charge on any atom is -0.424 e. The Bertz CT molecular complexity index is 428. The van der Waals surface area contributed by atoms with Gasteiger partial charge >= 0.3 is 0 Å². The maximum atomic E-state index is 11.6. The van der Waals surface area contributed by atoms with Crippen LogP contribution in [-0.4, -0.2) is 21.6 Å². The topological polar surface area (TPSA) is 94.0 Å². The summed E-state index contributed by atoms with van der Waals surface area (Å²) >= 11 is 0. The molecule has 1 amide bonds. The van der Waals surface area contributed by atoms with Gasteiger partial charge in [-0.25, -0.2) is 0 Å². The van der Waals surface area contributed by atoms with Crippen molar-refractivity contribution in [1.29, 1.82) is 0 Å². The lowest BCUT2D eigenvalue weighted by molar-refractivity contribution is -0.124. The van der Waals surface area contributed by atoms with Gasteiger partial charge in [-0.05, 0) is 19.3 Å². The molecule has 3 N–H and O–H groups in total. The summed E-state index contributed by atoms with van der Waals surface area (Å²) in [5.41, 5.74) is 4.71. The number of rotatable bonds is 7. The lowest BCUT2D eigenvalue weighted by atomic mass is 9.90. The molecular formula is C13H24N4O2. The van der Waals surface area contributed by atoms with Crippen molar-refractivity contribution in [2.45, 2.75) is 59.0 Å². The Morgan fingerprint density at radius 2 is 2.00 bits per heavy atom. The van der Waals surface area contributed by atoms with Crippen molar-refractivity contribution >= 4 is 5.91 Å². The number of carbonyl (C=O) groups excluding carboxylic acids is 1. The van der Waals surface area contributed by atoms with Gasteiger partial charge in [0.2, 0.25) is 17.7 Å². The van der Waals surface area contributed by atoms with Gasteiger partial charge in [-0.3, -0.25) is 10.1 Å². The molecule has 6 nitrogen and oxygen atoms in total. The first-order valence-corrected chi connectivity index (χ1v) is 6.62. The highest BCUT2D eigenvalue weighted by Gasteiger charge is 2.31. The van der Waals surface area contributed by atoms with Crippen LogP contribution in [0.2, 0.25) is 0 Å². The zero-order valence-corrected chi connectivity index (χ0v) is 12.4. The molecule has 0 radical (unpaired) electrons. The number of nitrogens with zero attached hydrogens (tertiary/aromatic N) is 2. The fourth-order valence-corrected chi connectivity index (χ4v) is 1.92. The molecule has 1 rings (SSSR count). The minimum atomic E-state index is -0.763. The number of nitrogens with two attached hydrogens (primary N) is 1. The van der Waals surface area contributed by atoms with Crippen LogP contribution in [0.15, 0.2) is 4.42 Å². The number of amides is 1. The first-order chi connectivity index (χ1) is 8.74. The van der Waals surface area contributed by atoms with Gasteiger partial charge in [0.15, 0.2) is 0 Å². The van der Waals surface area contributed by atoms with Gasteiger partial charge in [-0.2, -0.15) is 0 Å². The van der Waals surface area contributed by atoms with Crippen LogP contribution < -0.4 is 11.1 Å². The zero-order chi connectivity index (χ0) is 14.6. The fraction of sp³-hybridized carbons (Fsp3) is 0.769. The fourth-order valence-electron chi connectivity index (χ4n) is 1.92. The Balaban J connectivity index is 2.68. The lowest BCUT2D eigenvalue weighted by Gasteiger charge is -2.28. The second kappa shape index (κ2) is 6.14. The van der Waals surface area contributed by atoms with E-state index in [1.165, 1.54) is 0 Å². The number of primary amides is 1. The molecule has 1 unspecified atom stereocenters. The molecule has 0 saturated carbocycles. The van der Waals surface area contributed by atoms with Crippen molar-refractivity contribution in [1.82, 2.24) is 15.5 Å². The first kappa shape index (κ1) is 15.6. The Morgan fingerprint density at radius 3 is 2.42 bits per heavy atom. The molecule has 0 bridgehead atoms. The van der Waals surface area contributed by atoms with E-state index in [0.717, 1.165) is 0 Å². The molecule has 6 heteroatoms. The maximum Gasteiger partial charge on any atom is 0.237 e. The summed E-state index contributed by atoms with van der Waals surface area (Å²) in [6.45, 7) is 10.2. The zero-order valence-electron chi connectivity index (χ0n) is 12.4. The Kier molecular flexibility index (Phi) is 5.05. The molecule has 0 aliphatic rings. The normalized spacial score (nSPS) is 14.9. The highest BCUT2D eigenvalue weighted by atomic mass is 16.4. The molecule has 0 saturated heterocycles. The van der Waals surface area contributed by atoms with Crippen molar-refractivity contribution in [3.63, 3.8) is 0 Å². The molecule has 0 aliphatic carbocycles. The smallest absolute Gasteiger partial charge is 0.237 e. The van der Waals surface area contributed by atoms with Gasteiger partial charge in [0.1, 0.15) is 0 Å². The molecule has 0 aromatic carbocycles. The Morgan fingerprint density at radius 1 is 1.37 bits per heavy atom. The SMILES string of the molecule is CC(C)CC(C)(NCc1nnc(C(C)C)o1)C(N)=O. The monoisotopic (exact) mass is 268 g/mol. The van der Waals surface area contributed by atoms with Gasteiger partial charge in [-0.1, -0.05) is 27.7 Å². The van der Waals surface area contributed by atoms with Crippen LogP contribution in [0.1, 0.15) is 58.7 Å². The van der Waals surface area contributed by atoms with E-state index in [0.29, 0.717) is 30.7 Å². The number of nitrogens with one attached hydrogen (secondary N) is 1. The van der Waals surface area contributed by atoms with E-state index in [4.69, 9.17) is 10.2 Å². The van der Waals surface area contributed by atoms with Crippen LogP contribution in [0.5, 0.6) is 0 Å². The number of aromatic nitrogens is 2. The molecule has 1 aromatic rings. The molecule has 0 spiro atoms. The Labute approximate surface area is 114 Å². The van der Waals surface area contributed by atoms with E-state index in [2.05, 4.69) is 15.5 Å². The Hall–Kier alpha value is -1.43. The van der Waals surface area contributed by atoms with E-state index in [1.54, 1.807) is 6.92 Å². The molecular weight excluding hydrogens is 244 g/mol. The van der Waals surface area contributed by atoms with Crippen molar-refractivity contribution in [2.24, 2.45) is 11.7 Å². The maximum absolute atomic E-state index is 11.6.